The topological polar surface area (TPSA) is 83.8 Å². The molecule has 0 aliphatic carbocycles. The molecule has 2 N–H and O–H groups in total. The van der Waals surface area contributed by atoms with E-state index in [1.54, 1.807) is 12.1 Å². The molecule has 0 fully saturated rings. The molecular formula is C12H18O5S. The summed E-state index contributed by atoms with van der Waals surface area (Å²) in [6.45, 7) is 1.63. The average Bonchev–Trinajstić information content (AvgIpc) is 2.29. The van der Waals surface area contributed by atoms with E-state index in [2.05, 4.69) is 0 Å². The Morgan fingerprint density at radius 2 is 1.83 bits per heavy atom. The number of hydrogen-bond acceptors (Lipinski definition) is 5. The molecule has 0 aromatic heterocycles. The normalized spacial score (nSPS) is 13.5. The Balaban J connectivity index is 2.52. The largest absolute Gasteiger partial charge is 0.396 e. The summed E-state index contributed by atoms with van der Waals surface area (Å²) in [5.41, 5.74) is 0.965. The number of aliphatic hydroxyl groups is 2. The zero-order chi connectivity index (χ0) is 13.6. The zero-order valence-electron chi connectivity index (χ0n) is 10.2. The van der Waals surface area contributed by atoms with Gasteiger partial charge in [-0.25, -0.2) is 0 Å². The van der Waals surface area contributed by atoms with Crippen LogP contribution < -0.4 is 0 Å². The van der Waals surface area contributed by atoms with Crippen LogP contribution in [0, 0.1) is 6.92 Å². The summed E-state index contributed by atoms with van der Waals surface area (Å²) in [5.74, 6) is 0. The van der Waals surface area contributed by atoms with Crippen LogP contribution in [0.5, 0.6) is 0 Å². The fraction of sp³-hybridized carbons (Fsp3) is 0.500. The van der Waals surface area contributed by atoms with Gasteiger partial charge in [-0.2, -0.15) is 8.42 Å². The molecule has 18 heavy (non-hydrogen) atoms. The summed E-state index contributed by atoms with van der Waals surface area (Å²) < 4.78 is 28.3. The van der Waals surface area contributed by atoms with Crippen LogP contribution in [0.2, 0.25) is 0 Å². The van der Waals surface area contributed by atoms with Gasteiger partial charge in [-0.05, 0) is 31.9 Å². The fourth-order valence-electron chi connectivity index (χ4n) is 1.36. The molecule has 0 aliphatic rings. The van der Waals surface area contributed by atoms with Crippen LogP contribution >= 0.6 is 0 Å². The van der Waals surface area contributed by atoms with E-state index in [1.165, 1.54) is 12.1 Å². The van der Waals surface area contributed by atoms with E-state index in [4.69, 9.17) is 9.29 Å². The highest BCUT2D eigenvalue weighted by molar-refractivity contribution is 7.86. The maximum absolute atomic E-state index is 11.7. The zero-order valence-corrected chi connectivity index (χ0v) is 11.1. The molecule has 0 aliphatic heterocycles. The number of rotatable bonds is 7. The van der Waals surface area contributed by atoms with E-state index in [0.717, 1.165) is 5.56 Å². The summed E-state index contributed by atoms with van der Waals surface area (Å²) in [7, 11) is -3.76. The van der Waals surface area contributed by atoms with E-state index < -0.39 is 16.2 Å². The van der Waals surface area contributed by atoms with Crippen molar-refractivity contribution >= 4 is 10.1 Å². The molecule has 0 bridgehead atoms. The maximum atomic E-state index is 11.7. The van der Waals surface area contributed by atoms with E-state index in [1.807, 2.05) is 6.92 Å². The Labute approximate surface area is 107 Å². The fourth-order valence-corrected chi connectivity index (χ4v) is 2.28. The van der Waals surface area contributed by atoms with Crippen molar-refractivity contribution in [3.63, 3.8) is 0 Å². The van der Waals surface area contributed by atoms with Crippen molar-refractivity contribution in [3.05, 3.63) is 29.8 Å². The lowest BCUT2D eigenvalue weighted by Gasteiger charge is -2.09. The summed E-state index contributed by atoms with van der Waals surface area (Å²) >= 11 is 0. The van der Waals surface area contributed by atoms with Crippen molar-refractivity contribution in [3.8, 4) is 0 Å². The second-order valence-electron chi connectivity index (χ2n) is 4.04. The van der Waals surface area contributed by atoms with Gasteiger partial charge in [-0.15, -0.1) is 0 Å². The van der Waals surface area contributed by atoms with Gasteiger partial charge in [0.05, 0.1) is 17.6 Å². The lowest BCUT2D eigenvalue weighted by Crippen LogP contribution is -2.15. The molecule has 0 saturated carbocycles. The van der Waals surface area contributed by atoms with Gasteiger partial charge in [-0.3, -0.25) is 4.18 Å². The molecule has 0 heterocycles. The lowest BCUT2D eigenvalue weighted by atomic mass is 10.2. The van der Waals surface area contributed by atoms with Gasteiger partial charge in [0.2, 0.25) is 0 Å². The third-order valence-corrected chi connectivity index (χ3v) is 3.79. The Morgan fingerprint density at radius 3 is 2.39 bits per heavy atom. The molecule has 0 amide bonds. The Morgan fingerprint density at radius 1 is 1.22 bits per heavy atom. The van der Waals surface area contributed by atoms with Crippen LogP contribution in [0.4, 0.5) is 0 Å². The first-order chi connectivity index (χ1) is 8.45. The first-order valence-electron chi connectivity index (χ1n) is 5.71. The minimum atomic E-state index is -3.76. The van der Waals surface area contributed by atoms with Crippen molar-refractivity contribution < 1.29 is 22.8 Å². The number of aryl methyl sites for hydroxylation is 1. The minimum Gasteiger partial charge on any atom is -0.396 e. The monoisotopic (exact) mass is 274 g/mol. The number of aliphatic hydroxyl groups excluding tert-OH is 2. The van der Waals surface area contributed by atoms with Crippen molar-refractivity contribution in [1.29, 1.82) is 0 Å². The Kier molecular flexibility index (Phi) is 5.74. The highest BCUT2D eigenvalue weighted by Gasteiger charge is 2.15. The first kappa shape index (κ1) is 15.1. The second-order valence-corrected chi connectivity index (χ2v) is 5.66. The Bertz CT molecular complexity index is 452. The SMILES string of the molecule is Cc1ccc(S(=O)(=O)OCC[C@H](O)CCO)cc1. The smallest absolute Gasteiger partial charge is 0.296 e. The molecule has 6 heteroatoms. The summed E-state index contributed by atoms with van der Waals surface area (Å²) in [6, 6.07) is 6.34. The van der Waals surface area contributed by atoms with E-state index in [9.17, 15) is 13.5 Å². The quantitative estimate of drug-likeness (QED) is 0.720. The van der Waals surface area contributed by atoms with E-state index in [-0.39, 0.29) is 31.0 Å². The lowest BCUT2D eigenvalue weighted by molar-refractivity contribution is 0.109. The molecular weight excluding hydrogens is 256 g/mol. The van der Waals surface area contributed by atoms with Crippen molar-refractivity contribution in [2.75, 3.05) is 13.2 Å². The molecule has 102 valence electrons. The third-order valence-electron chi connectivity index (χ3n) is 2.46. The number of hydrogen-bond donors (Lipinski definition) is 2. The van der Waals surface area contributed by atoms with Crippen LogP contribution in [0.25, 0.3) is 0 Å². The first-order valence-corrected chi connectivity index (χ1v) is 7.11. The van der Waals surface area contributed by atoms with Crippen LogP contribution in [0.15, 0.2) is 29.2 Å². The van der Waals surface area contributed by atoms with Crippen LogP contribution in [0.1, 0.15) is 18.4 Å². The molecule has 1 atom stereocenters. The molecule has 0 radical (unpaired) electrons. The average molecular weight is 274 g/mol. The van der Waals surface area contributed by atoms with Gasteiger partial charge in [-0.1, -0.05) is 17.7 Å². The van der Waals surface area contributed by atoms with Crippen molar-refractivity contribution in [2.24, 2.45) is 0 Å². The van der Waals surface area contributed by atoms with Gasteiger partial charge < -0.3 is 10.2 Å². The maximum Gasteiger partial charge on any atom is 0.296 e. The van der Waals surface area contributed by atoms with Gasteiger partial charge >= 0.3 is 0 Å². The predicted octanol–water partition coefficient (Wildman–Crippen LogP) is 0.834. The van der Waals surface area contributed by atoms with Gasteiger partial charge in [0.1, 0.15) is 0 Å². The second kappa shape index (κ2) is 6.84. The highest BCUT2D eigenvalue weighted by Crippen LogP contribution is 2.13. The predicted molar refractivity (Wildman–Crippen MR) is 66.6 cm³/mol. The van der Waals surface area contributed by atoms with Crippen molar-refractivity contribution in [1.82, 2.24) is 0 Å². The summed E-state index contributed by atoms with van der Waals surface area (Å²) in [5, 5.41) is 17.9. The minimum absolute atomic E-state index is 0.0998. The molecule has 1 rings (SSSR count). The van der Waals surface area contributed by atoms with Gasteiger partial charge in [0.15, 0.2) is 0 Å². The van der Waals surface area contributed by atoms with Crippen LogP contribution in [-0.4, -0.2) is 37.9 Å². The van der Waals surface area contributed by atoms with Gasteiger partial charge in [0.25, 0.3) is 10.1 Å². The molecule has 0 unspecified atom stereocenters. The summed E-state index contributed by atoms with van der Waals surface area (Å²) in [6.07, 6.45) is -0.359. The number of benzene rings is 1. The molecule has 0 saturated heterocycles. The standard InChI is InChI=1S/C12H18O5S/c1-10-2-4-12(5-3-10)18(15,16)17-9-7-11(14)6-8-13/h2-5,11,13-14H,6-9H2,1H3/t11-/m1/s1. The molecule has 1 aromatic rings. The van der Waals surface area contributed by atoms with Gasteiger partial charge in [0, 0.05) is 6.61 Å². The molecule has 5 nitrogen and oxygen atoms in total. The van der Waals surface area contributed by atoms with E-state index >= 15 is 0 Å². The van der Waals surface area contributed by atoms with Crippen molar-refractivity contribution in [2.45, 2.75) is 30.8 Å². The molecule has 1 aromatic carbocycles. The highest BCUT2D eigenvalue weighted by atomic mass is 32.2. The summed E-state index contributed by atoms with van der Waals surface area (Å²) in [4.78, 5) is 0.102. The third kappa shape index (κ3) is 4.73. The molecule has 0 spiro atoms. The Hall–Kier alpha value is -0.950. The van der Waals surface area contributed by atoms with E-state index in [0.29, 0.717) is 0 Å². The van der Waals surface area contributed by atoms with Crippen LogP contribution in [0.3, 0.4) is 0 Å². The van der Waals surface area contributed by atoms with Crippen LogP contribution in [-0.2, 0) is 14.3 Å².